The number of benzene rings is 2. The predicted octanol–water partition coefficient (Wildman–Crippen LogP) is 4.00. The van der Waals surface area contributed by atoms with E-state index in [0.717, 1.165) is 23.3 Å². The van der Waals surface area contributed by atoms with E-state index in [0.29, 0.717) is 12.0 Å². The number of fused-ring (bicyclic) bond motifs is 1. The van der Waals surface area contributed by atoms with Gasteiger partial charge in [-0.15, -0.1) is 0 Å². The molecule has 3 aromatic rings. The van der Waals surface area contributed by atoms with Crippen LogP contribution in [0, 0.1) is 11.6 Å². The van der Waals surface area contributed by atoms with Gasteiger partial charge >= 0.3 is 0 Å². The van der Waals surface area contributed by atoms with Gasteiger partial charge in [-0.25, -0.2) is 8.78 Å². The molecule has 1 aliphatic heterocycles. The van der Waals surface area contributed by atoms with Crippen LogP contribution in [-0.2, 0) is 17.8 Å². The van der Waals surface area contributed by atoms with Crippen molar-refractivity contribution in [2.24, 2.45) is 0 Å². The largest absolute Gasteiger partial charge is 0.459 e. The number of halogens is 2. The predicted molar refractivity (Wildman–Crippen MR) is 105 cm³/mol. The van der Waals surface area contributed by atoms with Crippen molar-refractivity contribution in [2.45, 2.75) is 32.0 Å². The van der Waals surface area contributed by atoms with Gasteiger partial charge in [0.25, 0.3) is 5.91 Å². The molecule has 1 aliphatic rings. The first kappa shape index (κ1) is 19.8. The Balaban J connectivity index is 1.59. The van der Waals surface area contributed by atoms with Gasteiger partial charge in [-0.2, -0.15) is 0 Å². The second-order valence-electron chi connectivity index (χ2n) is 7.30. The van der Waals surface area contributed by atoms with E-state index < -0.39 is 23.7 Å². The highest BCUT2D eigenvalue weighted by atomic mass is 19.2. The van der Waals surface area contributed by atoms with Crippen molar-refractivity contribution in [3.05, 3.63) is 94.9 Å². The molecule has 0 aliphatic carbocycles. The number of nitrogens with zero attached hydrogens (tertiary/aromatic N) is 1. The van der Waals surface area contributed by atoms with Crippen molar-refractivity contribution in [3.63, 3.8) is 0 Å². The molecule has 5 nitrogen and oxygen atoms in total. The molecular weight excluding hydrogens is 390 g/mol. The zero-order valence-corrected chi connectivity index (χ0v) is 16.3. The second kappa shape index (κ2) is 8.10. The first-order valence-corrected chi connectivity index (χ1v) is 9.60. The topological polar surface area (TPSA) is 62.6 Å². The number of rotatable bonds is 4. The summed E-state index contributed by atoms with van der Waals surface area (Å²) < 4.78 is 32.0. The Hall–Kier alpha value is -3.48. The minimum Gasteiger partial charge on any atom is -0.459 e. The van der Waals surface area contributed by atoms with Crippen molar-refractivity contribution < 1.29 is 22.8 Å². The monoisotopic (exact) mass is 410 g/mol. The molecule has 0 bridgehead atoms. The Morgan fingerprint density at radius 1 is 1.07 bits per heavy atom. The molecule has 0 spiro atoms. The Morgan fingerprint density at radius 2 is 1.83 bits per heavy atom. The maximum Gasteiger partial charge on any atom is 0.290 e. The fraction of sp³-hybridized carbons (Fsp3) is 0.217. The summed E-state index contributed by atoms with van der Waals surface area (Å²) in [6.07, 6.45) is 1.75. The lowest BCUT2D eigenvalue weighted by Gasteiger charge is -2.36. The number of hydrogen-bond donors (Lipinski definition) is 1. The lowest BCUT2D eigenvalue weighted by molar-refractivity contribution is -0.126. The van der Waals surface area contributed by atoms with Gasteiger partial charge < -0.3 is 14.6 Å². The van der Waals surface area contributed by atoms with Crippen LogP contribution in [0.3, 0.4) is 0 Å². The summed E-state index contributed by atoms with van der Waals surface area (Å²) in [5.74, 6) is -2.52. The van der Waals surface area contributed by atoms with E-state index in [4.69, 9.17) is 4.42 Å². The molecule has 1 aromatic heterocycles. The molecular formula is C23H20F2N2O3. The fourth-order valence-corrected chi connectivity index (χ4v) is 3.69. The summed E-state index contributed by atoms with van der Waals surface area (Å²) in [4.78, 5) is 27.6. The lowest BCUT2D eigenvalue weighted by Crippen LogP contribution is -2.52. The zero-order chi connectivity index (χ0) is 21.3. The smallest absolute Gasteiger partial charge is 0.290 e. The van der Waals surface area contributed by atoms with E-state index >= 15 is 0 Å². The number of amides is 2. The maximum atomic E-state index is 13.6. The third-order valence-corrected chi connectivity index (χ3v) is 5.35. The van der Waals surface area contributed by atoms with Crippen LogP contribution in [0.5, 0.6) is 0 Å². The summed E-state index contributed by atoms with van der Waals surface area (Å²) >= 11 is 0. The van der Waals surface area contributed by atoms with Gasteiger partial charge in [0.05, 0.1) is 12.3 Å². The second-order valence-corrected chi connectivity index (χ2v) is 7.30. The number of hydrogen-bond acceptors (Lipinski definition) is 3. The SMILES string of the molecule is CC(NC(=O)C1Cc2ccccc2CN1C(=O)c1ccco1)c1ccc(F)c(F)c1. The molecule has 0 saturated carbocycles. The molecule has 30 heavy (non-hydrogen) atoms. The Kier molecular flexibility index (Phi) is 5.35. The van der Waals surface area contributed by atoms with Crippen molar-refractivity contribution in [2.75, 3.05) is 0 Å². The van der Waals surface area contributed by atoms with Gasteiger partial charge in [-0.05, 0) is 47.9 Å². The minimum atomic E-state index is -0.977. The van der Waals surface area contributed by atoms with Crippen LogP contribution in [0.15, 0.2) is 65.3 Å². The molecule has 0 radical (unpaired) electrons. The normalized spacial score (nSPS) is 16.6. The van der Waals surface area contributed by atoms with Gasteiger partial charge in [-0.3, -0.25) is 9.59 Å². The molecule has 7 heteroatoms. The first-order valence-electron chi connectivity index (χ1n) is 9.60. The van der Waals surface area contributed by atoms with Crippen LogP contribution in [0.2, 0.25) is 0 Å². The average molecular weight is 410 g/mol. The summed E-state index contributed by atoms with van der Waals surface area (Å²) in [5, 5.41) is 2.82. The van der Waals surface area contributed by atoms with Crippen LogP contribution in [0.1, 0.15) is 40.2 Å². The third kappa shape index (κ3) is 3.83. The van der Waals surface area contributed by atoms with Gasteiger partial charge in [0.15, 0.2) is 17.4 Å². The molecule has 2 amide bonds. The Bertz CT molecular complexity index is 1080. The van der Waals surface area contributed by atoms with E-state index in [1.54, 1.807) is 19.1 Å². The summed E-state index contributed by atoms with van der Waals surface area (Å²) in [5.41, 5.74) is 2.39. The summed E-state index contributed by atoms with van der Waals surface area (Å²) in [6, 6.07) is 13.0. The third-order valence-electron chi connectivity index (χ3n) is 5.35. The highest BCUT2D eigenvalue weighted by Crippen LogP contribution is 2.26. The van der Waals surface area contributed by atoms with Gasteiger partial charge in [0.1, 0.15) is 6.04 Å². The van der Waals surface area contributed by atoms with Crippen LogP contribution in [-0.4, -0.2) is 22.8 Å². The molecule has 4 rings (SSSR count). The lowest BCUT2D eigenvalue weighted by atomic mass is 9.93. The zero-order valence-electron chi connectivity index (χ0n) is 16.3. The Labute approximate surface area is 172 Å². The highest BCUT2D eigenvalue weighted by molar-refractivity contribution is 5.96. The first-order chi connectivity index (χ1) is 14.4. The molecule has 0 saturated heterocycles. The molecule has 2 atom stereocenters. The van der Waals surface area contributed by atoms with Gasteiger partial charge in [0.2, 0.25) is 5.91 Å². The van der Waals surface area contributed by atoms with Crippen molar-refractivity contribution in [1.29, 1.82) is 0 Å². The summed E-state index contributed by atoms with van der Waals surface area (Å²) in [7, 11) is 0. The molecule has 1 N–H and O–H groups in total. The van der Waals surface area contributed by atoms with E-state index in [9.17, 15) is 18.4 Å². The van der Waals surface area contributed by atoms with Crippen molar-refractivity contribution in [3.8, 4) is 0 Å². The van der Waals surface area contributed by atoms with Gasteiger partial charge in [-0.1, -0.05) is 30.3 Å². The number of carbonyl (C=O) groups is 2. The van der Waals surface area contributed by atoms with Crippen LogP contribution >= 0.6 is 0 Å². The molecule has 2 heterocycles. The molecule has 0 fully saturated rings. The number of furan rings is 1. The molecule has 2 unspecified atom stereocenters. The standard InChI is InChI=1S/C23H20F2N2O3/c1-14(15-8-9-18(24)19(25)11-15)26-22(28)20-12-16-5-2-3-6-17(16)13-27(20)23(29)21-7-4-10-30-21/h2-11,14,20H,12-13H2,1H3,(H,26,28). The molecule has 2 aromatic carbocycles. The molecule has 154 valence electrons. The van der Waals surface area contributed by atoms with Crippen molar-refractivity contribution in [1.82, 2.24) is 10.2 Å². The van der Waals surface area contributed by atoms with Crippen LogP contribution in [0.25, 0.3) is 0 Å². The number of nitrogens with one attached hydrogen (secondary N) is 1. The highest BCUT2D eigenvalue weighted by Gasteiger charge is 2.36. The van der Waals surface area contributed by atoms with Crippen LogP contribution < -0.4 is 5.32 Å². The Morgan fingerprint density at radius 3 is 2.53 bits per heavy atom. The maximum absolute atomic E-state index is 13.6. The van der Waals surface area contributed by atoms with E-state index in [1.165, 1.54) is 17.2 Å². The fourth-order valence-electron chi connectivity index (χ4n) is 3.69. The van der Waals surface area contributed by atoms with Crippen LogP contribution in [0.4, 0.5) is 8.78 Å². The van der Waals surface area contributed by atoms with E-state index in [-0.39, 0.29) is 24.1 Å². The minimum absolute atomic E-state index is 0.154. The average Bonchev–Trinajstić information content (AvgIpc) is 3.29. The summed E-state index contributed by atoms with van der Waals surface area (Å²) in [6.45, 7) is 1.95. The van der Waals surface area contributed by atoms with E-state index in [1.807, 2.05) is 24.3 Å². The van der Waals surface area contributed by atoms with E-state index in [2.05, 4.69) is 5.32 Å². The number of carbonyl (C=O) groups excluding carboxylic acids is 2. The quantitative estimate of drug-likeness (QED) is 0.707. The van der Waals surface area contributed by atoms with Gasteiger partial charge in [0, 0.05) is 13.0 Å². The van der Waals surface area contributed by atoms with Crippen molar-refractivity contribution >= 4 is 11.8 Å².